The minimum absolute atomic E-state index is 0.0265. The van der Waals surface area contributed by atoms with Crippen molar-refractivity contribution in [1.29, 1.82) is 0 Å². The van der Waals surface area contributed by atoms with Crippen LogP contribution in [0.15, 0.2) is 0 Å². The molecule has 0 saturated carbocycles. The Labute approximate surface area is 142 Å². The molecular formula is C17H26N4O3. The number of carbonyl (C=O) groups excluding carboxylic acids is 2. The molecule has 132 valence electrons. The summed E-state index contributed by atoms with van der Waals surface area (Å²) in [6.07, 6.45) is 0.426. The zero-order chi connectivity index (χ0) is 17.3. The summed E-state index contributed by atoms with van der Waals surface area (Å²) >= 11 is 0. The third-order valence-corrected chi connectivity index (χ3v) is 5.05. The molecule has 2 fully saturated rings. The van der Waals surface area contributed by atoms with Gasteiger partial charge in [0.25, 0.3) is 0 Å². The van der Waals surface area contributed by atoms with Crippen LogP contribution >= 0.6 is 0 Å². The van der Waals surface area contributed by atoms with E-state index in [4.69, 9.17) is 4.74 Å². The van der Waals surface area contributed by atoms with Crippen molar-refractivity contribution in [3.63, 3.8) is 0 Å². The highest BCUT2D eigenvalue weighted by Gasteiger charge is 2.35. The summed E-state index contributed by atoms with van der Waals surface area (Å²) < 4.78 is 7.14. The summed E-state index contributed by atoms with van der Waals surface area (Å²) in [4.78, 5) is 28.3. The van der Waals surface area contributed by atoms with Gasteiger partial charge in [0.1, 0.15) is 0 Å². The lowest BCUT2D eigenvalue weighted by Crippen LogP contribution is -2.62. The van der Waals surface area contributed by atoms with Gasteiger partial charge in [-0.1, -0.05) is 0 Å². The van der Waals surface area contributed by atoms with Gasteiger partial charge in [-0.25, -0.2) is 0 Å². The van der Waals surface area contributed by atoms with Crippen molar-refractivity contribution in [1.82, 2.24) is 19.6 Å². The molecule has 2 saturated heterocycles. The lowest BCUT2D eigenvalue weighted by molar-refractivity contribution is -0.140. The zero-order valence-electron chi connectivity index (χ0n) is 14.7. The first-order chi connectivity index (χ1) is 11.5. The summed E-state index contributed by atoms with van der Waals surface area (Å²) in [5.41, 5.74) is 2.27. The third-order valence-electron chi connectivity index (χ3n) is 5.05. The highest BCUT2D eigenvalue weighted by Crippen LogP contribution is 2.18. The quantitative estimate of drug-likeness (QED) is 0.739. The van der Waals surface area contributed by atoms with E-state index < -0.39 is 0 Å². The molecule has 7 heteroatoms. The molecule has 1 amide bonds. The topological polar surface area (TPSA) is 67.7 Å². The molecule has 7 nitrogen and oxygen atoms in total. The second kappa shape index (κ2) is 7.03. The van der Waals surface area contributed by atoms with Gasteiger partial charge in [0, 0.05) is 50.9 Å². The van der Waals surface area contributed by atoms with Crippen molar-refractivity contribution in [3.05, 3.63) is 17.0 Å². The SMILES string of the molecule is CC(=O)c1c(C)nn(CCC(=O)N2CC(N3CCOCC3)C2)c1C. The number of hydrogen-bond donors (Lipinski definition) is 0. The predicted octanol–water partition coefficient (Wildman–Crippen LogP) is 0.636. The number of nitrogens with zero attached hydrogens (tertiary/aromatic N) is 4. The van der Waals surface area contributed by atoms with Crippen LogP contribution < -0.4 is 0 Å². The molecule has 0 N–H and O–H groups in total. The molecule has 0 unspecified atom stereocenters. The zero-order valence-corrected chi connectivity index (χ0v) is 14.7. The molecule has 0 radical (unpaired) electrons. The highest BCUT2D eigenvalue weighted by atomic mass is 16.5. The van der Waals surface area contributed by atoms with Crippen LogP contribution in [0, 0.1) is 13.8 Å². The number of ketones is 1. The van der Waals surface area contributed by atoms with Crippen LogP contribution in [0.4, 0.5) is 0 Å². The number of Topliss-reactive ketones (excluding diaryl/α,β-unsaturated/α-hetero) is 1. The van der Waals surface area contributed by atoms with Crippen LogP contribution in [-0.2, 0) is 16.1 Å². The van der Waals surface area contributed by atoms with E-state index in [0.29, 0.717) is 24.6 Å². The van der Waals surface area contributed by atoms with Crippen molar-refractivity contribution in [3.8, 4) is 0 Å². The number of likely N-dealkylation sites (tertiary alicyclic amines) is 1. The fourth-order valence-electron chi connectivity index (χ4n) is 3.62. The molecule has 3 rings (SSSR count). The van der Waals surface area contributed by atoms with Crippen LogP contribution in [0.25, 0.3) is 0 Å². The highest BCUT2D eigenvalue weighted by molar-refractivity contribution is 5.96. The minimum atomic E-state index is 0.0265. The van der Waals surface area contributed by atoms with E-state index in [1.807, 2.05) is 18.7 Å². The second-order valence-corrected chi connectivity index (χ2v) is 6.68. The van der Waals surface area contributed by atoms with E-state index in [1.54, 1.807) is 11.6 Å². The van der Waals surface area contributed by atoms with E-state index in [9.17, 15) is 9.59 Å². The number of ether oxygens (including phenoxy) is 1. The largest absolute Gasteiger partial charge is 0.379 e. The standard InChI is InChI=1S/C17H26N4O3/c1-12-17(14(3)22)13(2)21(18-12)5-4-16(23)20-10-15(11-20)19-6-8-24-9-7-19/h15H,4-11H2,1-3H3. The van der Waals surface area contributed by atoms with E-state index in [0.717, 1.165) is 50.8 Å². The summed E-state index contributed by atoms with van der Waals surface area (Å²) in [6, 6.07) is 0.482. The Hall–Kier alpha value is -1.73. The molecule has 1 aromatic rings. The first-order valence-corrected chi connectivity index (χ1v) is 8.62. The van der Waals surface area contributed by atoms with Gasteiger partial charge in [0.2, 0.25) is 5.91 Å². The Morgan fingerprint density at radius 1 is 1.21 bits per heavy atom. The Kier molecular flexibility index (Phi) is 5.01. The van der Waals surface area contributed by atoms with Gasteiger partial charge >= 0.3 is 0 Å². The molecule has 3 heterocycles. The van der Waals surface area contributed by atoms with Crippen molar-refractivity contribution in [2.45, 2.75) is 39.8 Å². The first-order valence-electron chi connectivity index (χ1n) is 8.62. The summed E-state index contributed by atoms with van der Waals surface area (Å²) in [6.45, 7) is 10.9. The Bertz CT molecular complexity index is 628. The number of hydrogen-bond acceptors (Lipinski definition) is 5. The van der Waals surface area contributed by atoms with Crippen molar-refractivity contribution in [2.75, 3.05) is 39.4 Å². The maximum atomic E-state index is 12.3. The average Bonchev–Trinajstić information content (AvgIpc) is 2.79. The lowest BCUT2D eigenvalue weighted by Gasteiger charge is -2.46. The summed E-state index contributed by atoms with van der Waals surface area (Å²) in [5.74, 6) is 0.190. The van der Waals surface area contributed by atoms with Gasteiger partial charge in [0.15, 0.2) is 5.78 Å². The molecule has 24 heavy (non-hydrogen) atoms. The molecule has 0 spiro atoms. The molecular weight excluding hydrogens is 308 g/mol. The van der Waals surface area contributed by atoms with Gasteiger partial charge in [0.05, 0.1) is 24.5 Å². The molecule has 2 aliphatic heterocycles. The predicted molar refractivity (Wildman–Crippen MR) is 89.1 cm³/mol. The number of aromatic nitrogens is 2. The Morgan fingerprint density at radius 3 is 2.46 bits per heavy atom. The van der Waals surface area contributed by atoms with Crippen LogP contribution in [0.5, 0.6) is 0 Å². The van der Waals surface area contributed by atoms with Gasteiger partial charge in [-0.15, -0.1) is 0 Å². The van der Waals surface area contributed by atoms with E-state index in [1.165, 1.54) is 0 Å². The van der Waals surface area contributed by atoms with Gasteiger partial charge in [-0.3, -0.25) is 19.2 Å². The third kappa shape index (κ3) is 3.37. The average molecular weight is 334 g/mol. The minimum Gasteiger partial charge on any atom is -0.379 e. The fraction of sp³-hybridized carbons (Fsp3) is 0.706. The van der Waals surface area contributed by atoms with Crippen LogP contribution in [0.2, 0.25) is 0 Å². The number of morpholine rings is 1. The summed E-state index contributed by atoms with van der Waals surface area (Å²) in [7, 11) is 0. The normalized spacial score (nSPS) is 19.4. The molecule has 2 aliphatic rings. The number of amides is 1. The van der Waals surface area contributed by atoms with Gasteiger partial charge < -0.3 is 9.64 Å². The Balaban J connectivity index is 1.49. The molecule has 0 aliphatic carbocycles. The van der Waals surface area contributed by atoms with Crippen LogP contribution in [0.3, 0.4) is 0 Å². The monoisotopic (exact) mass is 334 g/mol. The van der Waals surface area contributed by atoms with Crippen LogP contribution in [-0.4, -0.2) is 76.7 Å². The van der Waals surface area contributed by atoms with Crippen molar-refractivity contribution < 1.29 is 14.3 Å². The van der Waals surface area contributed by atoms with Gasteiger partial charge in [-0.2, -0.15) is 5.10 Å². The van der Waals surface area contributed by atoms with Gasteiger partial charge in [-0.05, 0) is 20.8 Å². The second-order valence-electron chi connectivity index (χ2n) is 6.68. The van der Waals surface area contributed by atoms with Crippen LogP contribution in [0.1, 0.15) is 35.1 Å². The van der Waals surface area contributed by atoms with E-state index in [2.05, 4.69) is 10.00 Å². The molecule has 1 aromatic heterocycles. The van der Waals surface area contributed by atoms with Crippen molar-refractivity contribution in [2.24, 2.45) is 0 Å². The van der Waals surface area contributed by atoms with E-state index in [-0.39, 0.29) is 11.7 Å². The maximum absolute atomic E-state index is 12.3. The number of carbonyl (C=O) groups is 2. The van der Waals surface area contributed by atoms with Crippen molar-refractivity contribution >= 4 is 11.7 Å². The molecule has 0 atom stereocenters. The lowest BCUT2D eigenvalue weighted by atomic mass is 10.1. The number of aryl methyl sites for hydroxylation is 2. The Morgan fingerprint density at radius 2 is 1.88 bits per heavy atom. The van der Waals surface area contributed by atoms with E-state index >= 15 is 0 Å². The summed E-state index contributed by atoms with van der Waals surface area (Å²) in [5, 5.41) is 4.40. The fourth-order valence-corrected chi connectivity index (χ4v) is 3.62. The number of rotatable bonds is 5. The molecule has 0 bridgehead atoms. The molecule has 0 aromatic carbocycles. The maximum Gasteiger partial charge on any atom is 0.224 e. The smallest absolute Gasteiger partial charge is 0.224 e. The first kappa shape index (κ1) is 17.1.